The first-order valence-electron chi connectivity index (χ1n) is 14.0. The first-order valence-corrected chi connectivity index (χ1v) is 14.0. The van der Waals surface area contributed by atoms with Crippen LogP contribution in [0.5, 0.6) is 5.75 Å². The molecule has 5 rings (SSSR count). The number of carbonyl (C=O) groups is 1. The van der Waals surface area contributed by atoms with Crippen LogP contribution < -0.4 is 10.2 Å². The fourth-order valence-corrected chi connectivity index (χ4v) is 4.93. The number of rotatable bonds is 7. The molecule has 4 aromatic rings. The van der Waals surface area contributed by atoms with Crippen LogP contribution in [0.15, 0.2) is 76.1 Å². The zero-order valence-corrected chi connectivity index (χ0v) is 24.5. The van der Waals surface area contributed by atoms with Gasteiger partial charge in [0.05, 0.1) is 23.9 Å². The number of nitrogens with zero attached hydrogens (tertiary/aromatic N) is 5. The summed E-state index contributed by atoms with van der Waals surface area (Å²) in [4.78, 5) is 29.9. The van der Waals surface area contributed by atoms with E-state index in [4.69, 9.17) is 9.15 Å². The molecule has 0 saturated carbocycles. The third-order valence-electron chi connectivity index (χ3n) is 7.47. The molecule has 1 aliphatic heterocycles. The Morgan fingerprint density at radius 2 is 1.76 bits per heavy atom. The van der Waals surface area contributed by atoms with Gasteiger partial charge in [-0.2, -0.15) is 10.4 Å². The zero-order valence-electron chi connectivity index (χ0n) is 24.5. The van der Waals surface area contributed by atoms with Crippen LogP contribution in [0.3, 0.4) is 0 Å². The second-order valence-electron chi connectivity index (χ2n) is 11.6. The number of aromatic nitrogens is 2. The van der Waals surface area contributed by atoms with Crippen molar-refractivity contribution in [1.29, 1.82) is 5.26 Å². The molecule has 0 N–H and O–H groups in total. The maximum Gasteiger partial charge on any atom is 0.272 e. The summed E-state index contributed by atoms with van der Waals surface area (Å²) in [6, 6.07) is 20.8. The van der Waals surface area contributed by atoms with Crippen LogP contribution in [0, 0.1) is 11.3 Å². The molecule has 216 valence electrons. The van der Waals surface area contributed by atoms with Crippen LogP contribution in [0.1, 0.15) is 53.8 Å². The molecular weight excluding hydrogens is 530 g/mol. The Kier molecular flexibility index (Phi) is 8.27. The lowest BCUT2D eigenvalue weighted by molar-refractivity contribution is 0.0608. The Balaban J connectivity index is 1.13. The van der Waals surface area contributed by atoms with Gasteiger partial charge < -0.3 is 14.1 Å². The molecule has 1 aliphatic rings. The van der Waals surface area contributed by atoms with Crippen LogP contribution in [0.2, 0.25) is 0 Å². The quantitative estimate of drug-likeness (QED) is 0.319. The van der Waals surface area contributed by atoms with E-state index in [9.17, 15) is 14.9 Å². The number of nitriles is 1. The molecule has 2 aromatic carbocycles. The van der Waals surface area contributed by atoms with Gasteiger partial charge in [0.2, 0.25) is 11.2 Å². The fourth-order valence-electron chi connectivity index (χ4n) is 4.93. The second kappa shape index (κ2) is 12.0. The summed E-state index contributed by atoms with van der Waals surface area (Å²) < 4.78 is 13.2. The van der Waals surface area contributed by atoms with Gasteiger partial charge in [0.25, 0.3) is 5.91 Å². The van der Waals surface area contributed by atoms with Crippen molar-refractivity contribution >= 4 is 5.91 Å². The van der Waals surface area contributed by atoms with Crippen molar-refractivity contribution in [3.8, 4) is 22.9 Å². The summed E-state index contributed by atoms with van der Waals surface area (Å²) in [5, 5.41) is 13.9. The Hall–Kier alpha value is -4.68. The predicted molar refractivity (Wildman–Crippen MR) is 159 cm³/mol. The molecule has 9 nitrogen and oxygen atoms in total. The first kappa shape index (κ1) is 28.8. The highest BCUT2D eigenvalue weighted by Gasteiger charge is 2.27. The highest BCUT2D eigenvalue weighted by molar-refractivity contribution is 5.92. The standard InChI is InChI=1S/C33H35N5O4/c1-33(2,3)31-18-28(36(4)35-31)32(40)38-15-13-37(14-16-38)20-26-17-29(39)30(22-41-26)42-21-23-9-11-24(12-10-23)27-8-6-5-7-25(27)19-34/h5-12,17-18,22H,13-16,20-21H2,1-4H3. The summed E-state index contributed by atoms with van der Waals surface area (Å²) in [5.41, 5.74) is 4.45. The van der Waals surface area contributed by atoms with Crippen LogP contribution in [-0.2, 0) is 25.6 Å². The Morgan fingerprint density at radius 3 is 2.40 bits per heavy atom. The van der Waals surface area contributed by atoms with Crippen LogP contribution in [0.4, 0.5) is 0 Å². The van der Waals surface area contributed by atoms with Crippen molar-refractivity contribution in [2.24, 2.45) is 7.05 Å². The van der Waals surface area contributed by atoms with Crippen LogP contribution in [-0.4, -0.2) is 51.7 Å². The third kappa shape index (κ3) is 6.45. The molecule has 3 heterocycles. The summed E-state index contributed by atoms with van der Waals surface area (Å²) in [6.45, 7) is 9.45. The molecule has 9 heteroatoms. The van der Waals surface area contributed by atoms with Crippen molar-refractivity contribution in [3.05, 3.63) is 105 Å². The maximum atomic E-state index is 13.1. The smallest absolute Gasteiger partial charge is 0.272 e. The van der Waals surface area contributed by atoms with Gasteiger partial charge in [-0.15, -0.1) is 0 Å². The number of carbonyl (C=O) groups excluding carboxylic acids is 1. The van der Waals surface area contributed by atoms with Gasteiger partial charge in [0.1, 0.15) is 24.3 Å². The fraction of sp³-hybridized carbons (Fsp3) is 0.333. The lowest BCUT2D eigenvalue weighted by atomic mass is 9.92. The van der Waals surface area contributed by atoms with Gasteiger partial charge in [-0.3, -0.25) is 19.2 Å². The molecule has 0 spiro atoms. The second-order valence-corrected chi connectivity index (χ2v) is 11.6. The molecule has 1 amide bonds. The van der Waals surface area contributed by atoms with E-state index in [1.54, 1.807) is 10.7 Å². The van der Waals surface area contributed by atoms with Gasteiger partial charge in [-0.1, -0.05) is 63.2 Å². The van der Waals surface area contributed by atoms with E-state index < -0.39 is 0 Å². The highest BCUT2D eigenvalue weighted by atomic mass is 16.5. The number of ether oxygens (including phenoxy) is 1. The van der Waals surface area contributed by atoms with Gasteiger partial charge in [-0.05, 0) is 28.8 Å². The van der Waals surface area contributed by atoms with Crippen molar-refractivity contribution in [2.45, 2.75) is 39.3 Å². The van der Waals surface area contributed by atoms with Gasteiger partial charge in [0.15, 0.2) is 0 Å². The van der Waals surface area contributed by atoms with E-state index in [1.807, 2.05) is 60.5 Å². The van der Waals surface area contributed by atoms with E-state index in [2.05, 4.69) is 36.8 Å². The molecule has 42 heavy (non-hydrogen) atoms. The Bertz CT molecular complexity index is 1670. The Labute approximate surface area is 245 Å². The molecule has 0 atom stereocenters. The summed E-state index contributed by atoms with van der Waals surface area (Å²) in [6.07, 6.45) is 1.37. The zero-order chi connectivity index (χ0) is 29.9. The van der Waals surface area contributed by atoms with E-state index in [0.717, 1.165) is 22.4 Å². The monoisotopic (exact) mass is 565 g/mol. The lowest BCUT2D eigenvalue weighted by Gasteiger charge is -2.34. The molecule has 1 saturated heterocycles. The Morgan fingerprint density at radius 1 is 1.05 bits per heavy atom. The number of amides is 1. The molecule has 2 aromatic heterocycles. The number of hydrogen-bond donors (Lipinski definition) is 0. The van der Waals surface area contributed by atoms with Crippen molar-refractivity contribution < 1.29 is 13.9 Å². The van der Waals surface area contributed by atoms with E-state index in [1.165, 1.54) is 12.3 Å². The van der Waals surface area contributed by atoms with E-state index in [-0.39, 0.29) is 29.1 Å². The topological polar surface area (TPSA) is 105 Å². The third-order valence-corrected chi connectivity index (χ3v) is 7.47. The van der Waals surface area contributed by atoms with Gasteiger partial charge in [-0.25, -0.2) is 0 Å². The van der Waals surface area contributed by atoms with Crippen molar-refractivity contribution in [3.63, 3.8) is 0 Å². The van der Waals surface area contributed by atoms with Crippen LogP contribution >= 0.6 is 0 Å². The normalized spacial score (nSPS) is 14.0. The molecule has 0 bridgehead atoms. The van der Waals surface area contributed by atoms with E-state index in [0.29, 0.717) is 49.7 Å². The minimum Gasteiger partial charge on any atom is -0.482 e. The molecule has 1 fully saturated rings. The minimum atomic E-state index is -0.240. The number of benzene rings is 2. The molecular formula is C33H35N5O4. The molecule has 0 radical (unpaired) electrons. The predicted octanol–water partition coefficient (Wildman–Crippen LogP) is 4.75. The van der Waals surface area contributed by atoms with Crippen LogP contribution in [0.25, 0.3) is 11.1 Å². The average molecular weight is 566 g/mol. The highest BCUT2D eigenvalue weighted by Crippen LogP contribution is 2.24. The number of hydrogen-bond acceptors (Lipinski definition) is 7. The van der Waals surface area contributed by atoms with Gasteiger partial charge in [0, 0.05) is 44.7 Å². The minimum absolute atomic E-state index is 0.0187. The number of aryl methyl sites for hydroxylation is 1. The van der Waals surface area contributed by atoms with E-state index >= 15 is 0 Å². The first-order chi connectivity index (χ1) is 20.1. The SMILES string of the molecule is Cn1nc(C(C)(C)C)cc1C(=O)N1CCN(Cc2cc(=O)c(OCc3ccc(-c4ccccc4C#N)cc3)co2)CC1. The summed E-state index contributed by atoms with van der Waals surface area (Å²) >= 11 is 0. The summed E-state index contributed by atoms with van der Waals surface area (Å²) in [7, 11) is 1.81. The lowest BCUT2D eigenvalue weighted by Crippen LogP contribution is -2.48. The maximum absolute atomic E-state index is 13.1. The summed E-state index contributed by atoms with van der Waals surface area (Å²) in [5.74, 6) is 0.683. The average Bonchev–Trinajstić information content (AvgIpc) is 3.39. The largest absolute Gasteiger partial charge is 0.482 e. The number of piperazine rings is 1. The molecule has 0 aliphatic carbocycles. The van der Waals surface area contributed by atoms with Crippen molar-refractivity contribution in [1.82, 2.24) is 19.6 Å². The van der Waals surface area contributed by atoms with Gasteiger partial charge >= 0.3 is 0 Å². The van der Waals surface area contributed by atoms with Crippen molar-refractivity contribution in [2.75, 3.05) is 26.2 Å². The molecule has 0 unspecified atom stereocenters.